The Hall–Kier alpha value is -1.03. The number of halogens is 1. The van der Waals surface area contributed by atoms with E-state index in [1.807, 2.05) is 0 Å². The molecule has 0 aliphatic carbocycles. The average Bonchev–Trinajstić information content (AvgIpc) is 2.30. The fourth-order valence-corrected chi connectivity index (χ4v) is 1.92. The molecule has 0 atom stereocenters. The van der Waals surface area contributed by atoms with Crippen molar-refractivity contribution in [3.05, 3.63) is 22.2 Å². The fraction of sp³-hybridized carbons (Fsp3) is 0.462. The Morgan fingerprint density at radius 3 is 2.59 bits per heavy atom. The molecule has 94 valence electrons. The third-order valence-corrected chi connectivity index (χ3v) is 3.01. The molecule has 0 saturated carbocycles. The van der Waals surface area contributed by atoms with Crippen LogP contribution in [0.15, 0.2) is 16.6 Å². The summed E-state index contributed by atoms with van der Waals surface area (Å²) in [6.45, 7) is 4.24. The van der Waals surface area contributed by atoms with Crippen LogP contribution >= 0.6 is 15.9 Å². The van der Waals surface area contributed by atoms with Gasteiger partial charge in [0.15, 0.2) is 5.78 Å². The summed E-state index contributed by atoms with van der Waals surface area (Å²) in [7, 11) is 1.59. The van der Waals surface area contributed by atoms with E-state index >= 15 is 0 Å². The van der Waals surface area contributed by atoms with Crippen LogP contribution in [0.3, 0.4) is 0 Å². The van der Waals surface area contributed by atoms with Gasteiger partial charge in [0.25, 0.3) is 0 Å². The summed E-state index contributed by atoms with van der Waals surface area (Å²) >= 11 is 3.36. The largest absolute Gasteiger partial charge is 0.495 e. The zero-order valence-corrected chi connectivity index (χ0v) is 12.0. The van der Waals surface area contributed by atoms with E-state index < -0.39 is 0 Å². The summed E-state index contributed by atoms with van der Waals surface area (Å²) in [5.74, 6) is 1.24. The zero-order chi connectivity index (χ0) is 12.8. The molecule has 0 aromatic heterocycles. The minimum absolute atomic E-state index is 0.0140. The molecule has 1 rings (SSSR count). The predicted molar refractivity (Wildman–Crippen MR) is 71.1 cm³/mol. The highest BCUT2D eigenvalue weighted by molar-refractivity contribution is 9.10. The first-order chi connectivity index (χ1) is 8.10. The lowest BCUT2D eigenvalue weighted by Gasteiger charge is -2.12. The van der Waals surface area contributed by atoms with Gasteiger partial charge in [-0.3, -0.25) is 4.79 Å². The Morgan fingerprint density at radius 2 is 2.06 bits per heavy atom. The predicted octanol–water partition coefficient (Wildman–Crippen LogP) is 3.84. The molecule has 0 spiro atoms. The van der Waals surface area contributed by atoms with Gasteiger partial charge in [-0.15, -0.1) is 0 Å². The van der Waals surface area contributed by atoms with Crippen molar-refractivity contribution in [1.29, 1.82) is 0 Å². The van der Waals surface area contributed by atoms with E-state index in [2.05, 4.69) is 22.9 Å². The standard InChI is InChI=1S/C13H17BrO3/c1-4-5-6-17-12-8-13(16-3)11(14)7-10(12)9(2)15/h7-8H,4-6H2,1-3H3. The van der Waals surface area contributed by atoms with Gasteiger partial charge in [0.05, 0.1) is 23.8 Å². The molecule has 4 heteroatoms. The second kappa shape index (κ2) is 6.64. The first kappa shape index (κ1) is 14.0. The summed E-state index contributed by atoms with van der Waals surface area (Å²) in [5.41, 5.74) is 0.578. The van der Waals surface area contributed by atoms with Crippen LogP contribution in [-0.2, 0) is 0 Å². The molecule has 0 heterocycles. The number of hydrogen-bond donors (Lipinski definition) is 0. The fourth-order valence-electron chi connectivity index (χ4n) is 1.41. The van der Waals surface area contributed by atoms with Gasteiger partial charge in [0.2, 0.25) is 0 Å². The normalized spacial score (nSPS) is 10.1. The van der Waals surface area contributed by atoms with Crippen molar-refractivity contribution in [3.8, 4) is 11.5 Å². The van der Waals surface area contributed by atoms with E-state index in [1.54, 1.807) is 19.2 Å². The van der Waals surface area contributed by atoms with Crippen LogP contribution < -0.4 is 9.47 Å². The highest BCUT2D eigenvalue weighted by Gasteiger charge is 2.13. The summed E-state index contributed by atoms with van der Waals surface area (Å²) in [6, 6.07) is 3.49. The molecule has 0 bridgehead atoms. The molecular formula is C13H17BrO3. The van der Waals surface area contributed by atoms with Crippen molar-refractivity contribution in [2.75, 3.05) is 13.7 Å². The molecule has 0 saturated heterocycles. The Balaban J connectivity index is 3.01. The monoisotopic (exact) mass is 300 g/mol. The Kier molecular flexibility index (Phi) is 5.48. The minimum atomic E-state index is -0.0140. The summed E-state index contributed by atoms with van der Waals surface area (Å²) in [4.78, 5) is 11.5. The highest BCUT2D eigenvalue weighted by Crippen LogP contribution is 2.33. The van der Waals surface area contributed by atoms with Gasteiger partial charge in [-0.1, -0.05) is 13.3 Å². The van der Waals surface area contributed by atoms with Crippen molar-refractivity contribution in [2.45, 2.75) is 26.7 Å². The van der Waals surface area contributed by atoms with Gasteiger partial charge in [-0.25, -0.2) is 0 Å². The van der Waals surface area contributed by atoms with E-state index in [-0.39, 0.29) is 5.78 Å². The maximum absolute atomic E-state index is 11.5. The molecule has 1 aromatic rings. The average molecular weight is 301 g/mol. The molecule has 0 N–H and O–H groups in total. The van der Waals surface area contributed by atoms with Gasteiger partial charge in [0.1, 0.15) is 11.5 Å². The molecule has 0 fully saturated rings. The van der Waals surface area contributed by atoms with Crippen LogP contribution in [0, 0.1) is 0 Å². The van der Waals surface area contributed by atoms with E-state index in [1.165, 1.54) is 6.92 Å². The van der Waals surface area contributed by atoms with E-state index in [0.29, 0.717) is 23.7 Å². The zero-order valence-electron chi connectivity index (χ0n) is 10.4. The second-order valence-corrected chi connectivity index (χ2v) is 4.60. The first-order valence-corrected chi connectivity index (χ1v) is 6.40. The highest BCUT2D eigenvalue weighted by atomic mass is 79.9. The summed E-state index contributed by atoms with van der Waals surface area (Å²) in [6.07, 6.45) is 2.03. The Labute approximate surface area is 110 Å². The minimum Gasteiger partial charge on any atom is -0.495 e. The number of ether oxygens (including phenoxy) is 2. The lowest BCUT2D eigenvalue weighted by atomic mass is 10.1. The van der Waals surface area contributed by atoms with Gasteiger partial charge in [-0.05, 0) is 35.3 Å². The number of unbranched alkanes of at least 4 members (excludes halogenated alkanes) is 1. The Morgan fingerprint density at radius 1 is 1.35 bits per heavy atom. The Bertz CT molecular complexity index is 402. The topological polar surface area (TPSA) is 35.5 Å². The van der Waals surface area contributed by atoms with Crippen LogP contribution in [0.2, 0.25) is 0 Å². The maximum atomic E-state index is 11.5. The van der Waals surface area contributed by atoms with Crippen molar-refractivity contribution in [2.24, 2.45) is 0 Å². The number of Topliss-reactive ketones (excluding diaryl/α,β-unsaturated/α-hetero) is 1. The number of carbonyl (C=O) groups is 1. The second-order valence-electron chi connectivity index (χ2n) is 3.74. The number of carbonyl (C=O) groups excluding carboxylic acids is 1. The molecule has 0 unspecified atom stereocenters. The van der Waals surface area contributed by atoms with Gasteiger partial charge in [-0.2, -0.15) is 0 Å². The van der Waals surface area contributed by atoms with E-state index in [4.69, 9.17) is 9.47 Å². The first-order valence-electron chi connectivity index (χ1n) is 5.61. The van der Waals surface area contributed by atoms with Crippen molar-refractivity contribution in [1.82, 2.24) is 0 Å². The quantitative estimate of drug-likeness (QED) is 0.591. The van der Waals surface area contributed by atoms with Gasteiger partial charge >= 0.3 is 0 Å². The molecule has 0 amide bonds. The van der Waals surface area contributed by atoms with Crippen LogP contribution in [-0.4, -0.2) is 19.5 Å². The van der Waals surface area contributed by atoms with Crippen LogP contribution in [0.25, 0.3) is 0 Å². The van der Waals surface area contributed by atoms with Crippen LogP contribution in [0.5, 0.6) is 11.5 Å². The number of benzene rings is 1. The lowest BCUT2D eigenvalue weighted by Crippen LogP contribution is -2.03. The molecule has 0 radical (unpaired) electrons. The third-order valence-electron chi connectivity index (χ3n) is 2.39. The molecule has 0 aliphatic heterocycles. The van der Waals surface area contributed by atoms with Crippen molar-refractivity contribution in [3.63, 3.8) is 0 Å². The summed E-state index contributed by atoms with van der Waals surface area (Å²) in [5, 5.41) is 0. The SMILES string of the molecule is CCCCOc1cc(OC)c(Br)cc1C(C)=O. The molecule has 1 aromatic carbocycles. The summed E-state index contributed by atoms with van der Waals surface area (Å²) < 4.78 is 11.6. The third kappa shape index (κ3) is 3.73. The smallest absolute Gasteiger partial charge is 0.163 e. The van der Waals surface area contributed by atoms with Crippen molar-refractivity contribution < 1.29 is 14.3 Å². The van der Waals surface area contributed by atoms with E-state index in [9.17, 15) is 4.79 Å². The van der Waals surface area contributed by atoms with Crippen LogP contribution in [0.4, 0.5) is 0 Å². The maximum Gasteiger partial charge on any atom is 0.163 e. The number of methoxy groups -OCH3 is 1. The van der Waals surface area contributed by atoms with E-state index in [0.717, 1.165) is 17.3 Å². The van der Waals surface area contributed by atoms with Crippen molar-refractivity contribution >= 4 is 21.7 Å². The van der Waals surface area contributed by atoms with Gasteiger partial charge < -0.3 is 9.47 Å². The number of ketones is 1. The lowest BCUT2D eigenvalue weighted by molar-refractivity contribution is 0.101. The van der Waals surface area contributed by atoms with Crippen LogP contribution in [0.1, 0.15) is 37.0 Å². The molecule has 17 heavy (non-hydrogen) atoms. The number of hydrogen-bond acceptors (Lipinski definition) is 3. The molecule has 0 aliphatic rings. The molecule has 3 nitrogen and oxygen atoms in total. The number of rotatable bonds is 6. The molecular weight excluding hydrogens is 284 g/mol. The van der Waals surface area contributed by atoms with Gasteiger partial charge in [0, 0.05) is 6.07 Å².